The molecule has 6 heteroatoms. The van der Waals surface area contributed by atoms with E-state index in [0.717, 1.165) is 12.4 Å². The van der Waals surface area contributed by atoms with Gasteiger partial charge in [0.15, 0.2) is 0 Å². The summed E-state index contributed by atoms with van der Waals surface area (Å²) in [6.45, 7) is 0.404. The van der Waals surface area contributed by atoms with Gasteiger partial charge in [0.1, 0.15) is 0 Å². The van der Waals surface area contributed by atoms with Gasteiger partial charge in [-0.2, -0.15) is 13.2 Å². The van der Waals surface area contributed by atoms with E-state index < -0.39 is 12.0 Å². The summed E-state index contributed by atoms with van der Waals surface area (Å²) in [4.78, 5) is 6.45. The van der Waals surface area contributed by atoms with Crippen LogP contribution in [0.2, 0.25) is 0 Å². The molecule has 0 spiro atoms. The van der Waals surface area contributed by atoms with E-state index in [0.29, 0.717) is 18.5 Å². The number of halogens is 3. The second kappa shape index (κ2) is 4.88. The normalized spacial score (nSPS) is 12.3. The maximum Gasteiger partial charge on any atom is 0.451 e. The lowest BCUT2D eigenvalue weighted by Crippen LogP contribution is -2.10. The Morgan fingerprint density at radius 3 is 2.27 bits per heavy atom. The molecule has 0 aliphatic rings. The molecule has 0 saturated heterocycles. The highest BCUT2D eigenvalue weighted by atomic mass is 19.4. The molecule has 0 saturated carbocycles. The lowest BCUT2D eigenvalue weighted by atomic mass is 10.2. The van der Waals surface area contributed by atoms with Crippen molar-refractivity contribution in [1.82, 2.24) is 9.97 Å². The second-order valence-corrected chi connectivity index (χ2v) is 2.82. The highest BCUT2D eigenvalue weighted by Crippen LogP contribution is 2.25. The summed E-state index contributed by atoms with van der Waals surface area (Å²) in [5.74, 6) is -1.12. The third-order valence-corrected chi connectivity index (χ3v) is 1.62. The number of alkyl halides is 3. The molecule has 15 heavy (non-hydrogen) atoms. The molecule has 0 aliphatic heterocycles. The van der Waals surface area contributed by atoms with E-state index in [9.17, 15) is 13.2 Å². The molecule has 1 aromatic rings. The Balaban J connectivity index is 2.69. The van der Waals surface area contributed by atoms with Crippen LogP contribution in [0.4, 0.5) is 13.2 Å². The van der Waals surface area contributed by atoms with E-state index in [2.05, 4.69) is 9.97 Å². The van der Waals surface area contributed by atoms with Crippen molar-refractivity contribution in [3.8, 4) is 0 Å². The molecule has 0 bridgehead atoms. The van der Waals surface area contributed by atoms with E-state index in [4.69, 9.17) is 5.73 Å². The summed E-state index contributed by atoms with van der Waals surface area (Å²) >= 11 is 0. The molecule has 0 aliphatic carbocycles. The second-order valence-electron chi connectivity index (χ2n) is 2.82. The van der Waals surface area contributed by atoms with Crippen LogP contribution < -0.4 is 5.73 Å². The molecule has 2 N–H and O–H groups in total. The van der Waals surface area contributed by atoms with Crippen molar-refractivity contribution < 1.29 is 13.2 Å². The largest absolute Gasteiger partial charge is 0.451 e. The molecular weight excluding hydrogens is 207 g/mol. The predicted octanol–water partition coefficient (Wildman–Crippen LogP) is 1.55. The Hall–Kier alpha value is -1.43. The molecule has 3 nitrogen and oxygen atoms in total. The first-order valence-electron chi connectivity index (χ1n) is 4.27. The van der Waals surface area contributed by atoms with Crippen molar-refractivity contribution in [3.05, 3.63) is 35.9 Å². The smallest absolute Gasteiger partial charge is 0.327 e. The lowest BCUT2D eigenvalue weighted by Gasteiger charge is -2.03. The monoisotopic (exact) mass is 217 g/mol. The van der Waals surface area contributed by atoms with E-state index in [-0.39, 0.29) is 0 Å². The van der Waals surface area contributed by atoms with Crippen molar-refractivity contribution >= 4 is 0 Å². The molecule has 0 radical (unpaired) electrons. The molecule has 0 atom stereocenters. The summed E-state index contributed by atoms with van der Waals surface area (Å²) < 4.78 is 36.2. The van der Waals surface area contributed by atoms with Crippen molar-refractivity contribution in [1.29, 1.82) is 0 Å². The maximum atomic E-state index is 12.1. The molecule has 82 valence electrons. The van der Waals surface area contributed by atoms with Gasteiger partial charge in [-0.15, -0.1) is 0 Å². The topological polar surface area (TPSA) is 51.8 Å². The highest BCUT2D eigenvalue weighted by molar-refractivity contribution is 5.10. The predicted molar refractivity (Wildman–Crippen MR) is 48.9 cm³/mol. The van der Waals surface area contributed by atoms with E-state index >= 15 is 0 Å². The first-order chi connectivity index (χ1) is 7.04. The van der Waals surface area contributed by atoms with Crippen LogP contribution in [-0.4, -0.2) is 16.5 Å². The number of allylic oxidation sites excluding steroid dienone is 1. The first kappa shape index (κ1) is 11.6. The van der Waals surface area contributed by atoms with Gasteiger partial charge < -0.3 is 5.73 Å². The number of aromatic nitrogens is 2. The number of hydrogen-bond donors (Lipinski definition) is 1. The number of rotatable bonds is 3. The highest BCUT2D eigenvalue weighted by Gasteiger charge is 2.34. The van der Waals surface area contributed by atoms with Gasteiger partial charge in [-0.3, -0.25) is 0 Å². The fourth-order valence-corrected chi connectivity index (χ4v) is 0.922. The summed E-state index contributed by atoms with van der Waals surface area (Å²) in [6, 6.07) is 0. The van der Waals surface area contributed by atoms with Gasteiger partial charge in [-0.05, 0) is 12.0 Å². The Morgan fingerprint density at radius 2 is 1.80 bits per heavy atom. The maximum absolute atomic E-state index is 12.1. The Labute approximate surface area is 84.8 Å². The average molecular weight is 217 g/mol. The van der Waals surface area contributed by atoms with Crippen LogP contribution in [-0.2, 0) is 12.6 Å². The molecule has 1 heterocycles. The zero-order chi connectivity index (χ0) is 11.3. The molecular formula is C9H10F3N3. The van der Waals surface area contributed by atoms with Gasteiger partial charge in [0.2, 0.25) is 5.82 Å². The molecule has 0 aromatic carbocycles. The third kappa shape index (κ3) is 3.67. The first-order valence-corrected chi connectivity index (χ1v) is 4.27. The van der Waals surface area contributed by atoms with E-state index in [1.807, 2.05) is 0 Å². The minimum absolute atomic E-state index is 0.404. The van der Waals surface area contributed by atoms with Crippen molar-refractivity contribution in [3.63, 3.8) is 0 Å². The lowest BCUT2D eigenvalue weighted by molar-refractivity contribution is -0.145. The van der Waals surface area contributed by atoms with Crippen molar-refractivity contribution in [2.24, 2.45) is 5.73 Å². The van der Waals surface area contributed by atoms with E-state index in [1.54, 1.807) is 12.2 Å². The quantitative estimate of drug-likeness (QED) is 0.781. The zero-order valence-electron chi connectivity index (χ0n) is 7.83. The Morgan fingerprint density at radius 1 is 1.20 bits per heavy atom. The minimum atomic E-state index is -4.48. The van der Waals surface area contributed by atoms with Gasteiger partial charge in [0.05, 0.1) is 0 Å². The minimum Gasteiger partial charge on any atom is -0.327 e. The number of nitrogens with two attached hydrogens (primary N) is 1. The van der Waals surface area contributed by atoms with Crippen molar-refractivity contribution in [2.75, 3.05) is 6.54 Å². The van der Waals surface area contributed by atoms with Crippen LogP contribution in [0.3, 0.4) is 0 Å². The standard InChI is InChI=1S/C9H10F3N3/c10-9(11,12)8-14-5-7(6-15-8)3-1-2-4-13/h1-2,5-6H,3-4,13H2/b2-1+. The Kier molecular flexibility index (Phi) is 3.79. The average Bonchev–Trinajstić information content (AvgIpc) is 2.18. The molecule has 1 aromatic heterocycles. The molecule has 0 fully saturated rings. The van der Waals surface area contributed by atoms with Crippen LogP contribution in [0, 0.1) is 0 Å². The number of nitrogens with zero attached hydrogens (tertiary/aromatic N) is 2. The van der Waals surface area contributed by atoms with E-state index in [1.165, 1.54) is 0 Å². The fourth-order valence-electron chi connectivity index (χ4n) is 0.922. The van der Waals surface area contributed by atoms with Gasteiger partial charge >= 0.3 is 6.18 Å². The van der Waals surface area contributed by atoms with Crippen LogP contribution in [0.25, 0.3) is 0 Å². The van der Waals surface area contributed by atoms with Crippen molar-refractivity contribution in [2.45, 2.75) is 12.6 Å². The molecule has 0 amide bonds. The zero-order valence-corrected chi connectivity index (χ0v) is 7.83. The summed E-state index contributed by atoms with van der Waals surface area (Å²) in [5, 5.41) is 0. The Bertz CT molecular complexity index is 329. The fraction of sp³-hybridized carbons (Fsp3) is 0.333. The third-order valence-electron chi connectivity index (χ3n) is 1.62. The summed E-state index contributed by atoms with van der Waals surface area (Å²) in [6.07, 6.45) is 1.80. The SMILES string of the molecule is NC/C=C/Cc1cnc(C(F)(F)F)nc1. The van der Waals surface area contributed by atoms with Crippen LogP contribution in [0.1, 0.15) is 11.4 Å². The van der Waals surface area contributed by atoms with Crippen LogP contribution in [0.5, 0.6) is 0 Å². The number of hydrogen-bond acceptors (Lipinski definition) is 3. The van der Waals surface area contributed by atoms with Gasteiger partial charge in [0, 0.05) is 18.9 Å². The van der Waals surface area contributed by atoms with Gasteiger partial charge in [0.25, 0.3) is 0 Å². The van der Waals surface area contributed by atoms with Crippen LogP contribution in [0.15, 0.2) is 24.5 Å². The van der Waals surface area contributed by atoms with Crippen LogP contribution >= 0.6 is 0 Å². The van der Waals surface area contributed by atoms with Gasteiger partial charge in [-0.1, -0.05) is 12.2 Å². The summed E-state index contributed by atoms with van der Waals surface area (Å²) in [7, 11) is 0. The van der Waals surface area contributed by atoms with Gasteiger partial charge in [-0.25, -0.2) is 9.97 Å². The summed E-state index contributed by atoms with van der Waals surface area (Å²) in [5.41, 5.74) is 5.83. The molecule has 0 unspecified atom stereocenters. The molecule has 1 rings (SSSR count).